The first-order valence-corrected chi connectivity index (χ1v) is 6.42. The van der Waals surface area contributed by atoms with Crippen molar-refractivity contribution >= 4 is 0 Å². The van der Waals surface area contributed by atoms with Gasteiger partial charge in [-0.05, 0) is 39.4 Å². The van der Waals surface area contributed by atoms with Crippen molar-refractivity contribution in [3.8, 4) is 0 Å². The number of nitrogens with one attached hydrogen (secondary N) is 1. The van der Waals surface area contributed by atoms with E-state index in [0.717, 1.165) is 6.54 Å². The van der Waals surface area contributed by atoms with Gasteiger partial charge in [0.25, 0.3) is 0 Å². The van der Waals surface area contributed by atoms with Crippen LogP contribution >= 0.6 is 0 Å². The van der Waals surface area contributed by atoms with Crippen LogP contribution in [0.5, 0.6) is 0 Å². The van der Waals surface area contributed by atoms with Gasteiger partial charge >= 0.3 is 0 Å². The SMILES string of the molecule is CCCCN(C)C(C)C(C)CNC(C)C. The number of hydrogen-bond donors (Lipinski definition) is 1. The lowest BCUT2D eigenvalue weighted by atomic mass is 10.0. The zero-order valence-corrected chi connectivity index (χ0v) is 11.5. The predicted molar refractivity (Wildman–Crippen MR) is 69.3 cm³/mol. The second-order valence-corrected chi connectivity index (χ2v) is 5.11. The standard InChI is InChI=1S/C13H30N2/c1-7-8-9-15(6)13(5)12(4)10-14-11(2)3/h11-14H,7-10H2,1-6H3. The first kappa shape index (κ1) is 14.9. The molecule has 0 saturated carbocycles. The van der Waals surface area contributed by atoms with E-state index < -0.39 is 0 Å². The molecule has 92 valence electrons. The molecule has 0 aliphatic heterocycles. The summed E-state index contributed by atoms with van der Waals surface area (Å²) >= 11 is 0. The van der Waals surface area contributed by atoms with Crippen molar-refractivity contribution in [2.75, 3.05) is 20.1 Å². The van der Waals surface area contributed by atoms with Crippen LogP contribution in [0.15, 0.2) is 0 Å². The summed E-state index contributed by atoms with van der Waals surface area (Å²) in [6.07, 6.45) is 2.60. The van der Waals surface area contributed by atoms with Gasteiger partial charge in [-0.3, -0.25) is 0 Å². The quantitative estimate of drug-likeness (QED) is 0.668. The molecule has 1 N–H and O–H groups in total. The first-order valence-electron chi connectivity index (χ1n) is 6.42. The van der Waals surface area contributed by atoms with E-state index in [1.165, 1.54) is 19.4 Å². The van der Waals surface area contributed by atoms with Crippen LogP contribution in [0.3, 0.4) is 0 Å². The van der Waals surface area contributed by atoms with Gasteiger partial charge in [0.1, 0.15) is 0 Å². The van der Waals surface area contributed by atoms with Gasteiger partial charge in [0, 0.05) is 12.1 Å². The Morgan fingerprint density at radius 2 is 1.73 bits per heavy atom. The molecular formula is C13H30N2. The molecule has 0 fully saturated rings. The van der Waals surface area contributed by atoms with E-state index in [4.69, 9.17) is 0 Å². The minimum Gasteiger partial charge on any atom is -0.314 e. The van der Waals surface area contributed by atoms with Gasteiger partial charge in [-0.15, -0.1) is 0 Å². The zero-order chi connectivity index (χ0) is 11.8. The van der Waals surface area contributed by atoms with Crippen molar-refractivity contribution in [2.45, 2.75) is 59.5 Å². The topological polar surface area (TPSA) is 15.3 Å². The lowest BCUT2D eigenvalue weighted by Crippen LogP contribution is -2.40. The van der Waals surface area contributed by atoms with Crippen molar-refractivity contribution in [3.05, 3.63) is 0 Å². The molecule has 0 amide bonds. The van der Waals surface area contributed by atoms with Crippen LogP contribution in [0.25, 0.3) is 0 Å². The fraction of sp³-hybridized carbons (Fsp3) is 1.00. The van der Waals surface area contributed by atoms with E-state index in [1.807, 2.05) is 0 Å². The van der Waals surface area contributed by atoms with Gasteiger partial charge in [0.2, 0.25) is 0 Å². The molecule has 2 unspecified atom stereocenters. The Morgan fingerprint density at radius 1 is 1.13 bits per heavy atom. The summed E-state index contributed by atoms with van der Waals surface area (Å²) in [7, 11) is 2.24. The molecule has 0 saturated heterocycles. The van der Waals surface area contributed by atoms with E-state index >= 15 is 0 Å². The van der Waals surface area contributed by atoms with Crippen LogP contribution in [-0.4, -0.2) is 37.1 Å². The molecule has 0 heterocycles. The second-order valence-electron chi connectivity index (χ2n) is 5.11. The second kappa shape index (κ2) is 8.12. The van der Waals surface area contributed by atoms with E-state index in [0.29, 0.717) is 18.0 Å². The van der Waals surface area contributed by atoms with Crippen LogP contribution in [0.2, 0.25) is 0 Å². The Bertz CT molecular complexity index is 145. The molecule has 2 nitrogen and oxygen atoms in total. The molecule has 15 heavy (non-hydrogen) atoms. The number of rotatable bonds is 8. The molecule has 2 heteroatoms. The largest absolute Gasteiger partial charge is 0.314 e. The average Bonchev–Trinajstić information content (AvgIpc) is 2.21. The highest BCUT2D eigenvalue weighted by Gasteiger charge is 2.16. The Hall–Kier alpha value is -0.0800. The van der Waals surface area contributed by atoms with E-state index in [1.54, 1.807) is 0 Å². The third kappa shape index (κ3) is 6.91. The highest BCUT2D eigenvalue weighted by molar-refractivity contribution is 4.72. The smallest absolute Gasteiger partial charge is 0.0102 e. The maximum atomic E-state index is 3.51. The summed E-state index contributed by atoms with van der Waals surface area (Å²) in [5.41, 5.74) is 0. The van der Waals surface area contributed by atoms with Crippen LogP contribution in [0.1, 0.15) is 47.5 Å². The van der Waals surface area contributed by atoms with E-state index in [2.05, 4.69) is 51.9 Å². The lowest BCUT2D eigenvalue weighted by Gasteiger charge is -2.30. The van der Waals surface area contributed by atoms with E-state index in [-0.39, 0.29) is 0 Å². The number of hydrogen-bond acceptors (Lipinski definition) is 2. The molecular weight excluding hydrogens is 184 g/mol. The van der Waals surface area contributed by atoms with Crippen molar-refractivity contribution in [1.29, 1.82) is 0 Å². The molecule has 0 radical (unpaired) electrons. The van der Waals surface area contributed by atoms with Gasteiger partial charge in [0.15, 0.2) is 0 Å². The maximum Gasteiger partial charge on any atom is 0.0102 e. The minimum absolute atomic E-state index is 0.598. The molecule has 0 aromatic carbocycles. The van der Waals surface area contributed by atoms with Gasteiger partial charge in [-0.2, -0.15) is 0 Å². The van der Waals surface area contributed by atoms with Crippen LogP contribution < -0.4 is 5.32 Å². The Labute approximate surface area is 96.4 Å². The van der Waals surface area contributed by atoms with Crippen LogP contribution in [0, 0.1) is 5.92 Å². The van der Waals surface area contributed by atoms with Gasteiger partial charge in [-0.1, -0.05) is 34.1 Å². The summed E-state index contributed by atoms with van der Waals surface area (Å²) in [4.78, 5) is 2.48. The summed E-state index contributed by atoms with van der Waals surface area (Å²) in [6.45, 7) is 13.7. The van der Waals surface area contributed by atoms with Gasteiger partial charge in [-0.25, -0.2) is 0 Å². The third-order valence-corrected chi connectivity index (χ3v) is 3.23. The zero-order valence-electron chi connectivity index (χ0n) is 11.5. The Kier molecular flexibility index (Phi) is 8.07. The van der Waals surface area contributed by atoms with Crippen LogP contribution in [-0.2, 0) is 0 Å². The highest BCUT2D eigenvalue weighted by Crippen LogP contribution is 2.09. The Morgan fingerprint density at radius 3 is 2.20 bits per heavy atom. The number of unbranched alkanes of at least 4 members (excludes halogenated alkanes) is 1. The van der Waals surface area contributed by atoms with Crippen molar-refractivity contribution in [1.82, 2.24) is 10.2 Å². The summed E-state index contributed by atoms with van der Waals surface area (Å²) in [6, 6.07) is 1.27. The van der Waals surface area contributed by atoms with Crippen LogP contribution in [0.4, 0.5) is 0 Å². The van der Waals surface area contributed by atoms with Gasteiger partial charge < -0.3 is 10.2 Å². The van der Waals surface area contributed by atoms with Crippen molar-refractivity contribution in [2.24, 2.45) is 5.92 Å². The normalized spacial score (nSPS) is 16.0. The fourth-order valence-electron chi connectivity index (χ4n) is 1.64. The number of nitrogens with zero attached hydrogens (tertiary/aromatic N) is 1. The monoisotopic (exact) mass is 214 g/mol. The molecule has 2 atom stereocenters. The molecule has 0 spiro atoms. The molecule has 0 rings (SSSR count). The third-order valence-electron chi connectivity index (χ3n) is 3.23. The average molecular weight is 214 g/mol. The van der Waals surface area contributed by atoms with Gasteiger partial charge in [0.05, 0.1) is 0 Å². The molecule has 0 aromatic heterocycles. The summed E-state index contributed by atoms with van der Waals surface area (Å²) in [5, 5.41) is 3.51. The molecule has 0 aromatic rings. The predicted octanol–water partition coefficient (Wildman–Crippen LogP) is 2.74. The fourth-order valence-corrected chi connectivity index (χ4v) is 1.64. The summed E-state index contributed by atoms with van der Waals surface area (Å²) < 4.78 is 0. The summed E-state index contributed by atoms with van der Waals surface area (Å²) in [5.74, 6) is 0.717. The lowest BCUT2D eigenvalue weighted by molar-refractivity contribution is 0.192. The minimum atomic E-state index is 0.598. The first-order chi connectivity index (χ1) is 6.99. The van der Waals surface area contributed by atoms with Crippen molar-refractivity contribution in [3.63, 3.8) is 0 Å². The maximum absolute atomic E-state index is 3.51. The van der Waals surface area contributed by atoms with Crippen molar-refractivity contribution < 1.29 is 0 Å². The highest BCUT2D eigenvalue weighted by atomic mass is 15.1. The molecule has 0 bridgehead atoms. The molecule has 0 aliphatic carbocycles. The molecule has 0 aliphatic rings. The van der Waals surface area contributed by atoms with E-state index in [9.17, 15) is 0 Å². The Balaban J connectivity index is 3.79.